The molecule has 3 fully saturated rings. The lowest BCUT2D eigenvalue weighted by Crippen LogP contribution is -2.41. The van der Waals surface area contributed by atoms with Crippen LogP contribution in [0.15, 0.2) is 29.7 Å². The van der Waals surface area contributed by atoms with Crippen LogP contribution in [0.3, 0.4) is 0 Å². The Morgan fingerprint density at radius 3 is 2.62 bits per heavy atom. The maximum atomic E-state index is 16.2. The highest BCUT2D eigenvalue weighted by Crippen LogP contribution is 2.55. The van der Waals surface area contributed by atoms with Gasteiger partial charge in [0.05, 0.1) is 19.5 Å². The standard InChI is InChI=1S/C25H28FN9O11P2/c1-3-47(38)41-7-12-17(14(26)23(44-12)34-5-4-10(2)13-19(27)29-8-30-20(13)34)46-48(39,40)42-6-11-16(36)18(45-47)24(43-11)35-9-31-15-21(35)32-25(28)33-22(15)37/h1,4-5,8-12,14,16-18,23-24,36H,6-7H2,2H3,(H,39,40)(H2,27,29,30)(H3,28,32,33,37)/t10?,11-,12?,14?,16?,17?,18?,23-,24?,47+/m1/s1. The molecule has 4 aliphatic rings. The Bertz CT molecular complexity index is 1990. The van der Waals surface area contributed by atoms with Crippen molar-refractivity contribution in [3.63, 3.8) is 0 Å². The third kappa shape index (κ3) is 5.59. The normalized spacial score (nSPS) is 38.4. The number of aromatic nitrogens is 6. The van der Waals surface area contributed by atoms with Crippen LogP contribution in [0.5, 0.6) is 0 Å². The number of halogens is 1. The van der Waals surface area contributed by atoms with Crippen molar-refractivity contribution >= 4 is 44.2 Å². The summed E-state index contributed by atoms with van der Waals surface area (Å²) in [5, 5.41) is 11.2. The lowest BCUT2D eigenvalue weighted by molar-refractivity contribution is -0.0590. The van der Waals surface area contributed by atoms with E-state index in [-0.39, 0.29) is 34.7 Å². The molecule has 3 aromatic heterocycles. The number of aliphatic hydroxyl groups is 1. The summed E-state index contributed by atoms with van der Waals surface area (Å²) in [4.78, 5) is 42.9. The van der Waals surface area contributed by atoms with Gasteiger partial charge in [-0.3, -0.25) is 32.4 Å². The van der Waals surface area contributed by atoms with Crippen molar-refractivity contribution in [2.75, 3.05) is 29.6 Å². The van der Waals surface area contributed by atoms with Gasteiger partial charge in [-0.1, -0.05) is 13.0 Å². The average Bonchev–Trinajstić information content (AvgIpc) is 3.69. The molecule has 8 unspecified atom stereocenters. The Hall–Kier alpha value is -3.80. The van der Waals surface area contributed by atoms with Gasteiger partial charge in [-0.2, -0.15) is 4.98 Å². The Balaban J connectivity index is 1.21. The predicted molar refractivity (Wildman–Crippen MR) is 160 cm³/mol. The zero-order valence-electron chi connectivity index (χ0n) is 24.7. The maximum Gasteiger partial charge on any atom is 0.472 e. The first-order valence-electron chi connectivity index (χ1n) is 14.3. The molecule has 0 aliphatic carbocycles. The minimum atomic E-state index is -5.13. The van der Waals surface area contributed by atoms with Crippen molar-refractivity contribution in [3.05, 3.63) is 40.8 Å². The summed E-state index contributed by atoms with van der Waals surface area (Å²) in [5.74, 6) is -0.123. The number of fused-ring (bicyclic) bond motifs is 5. The van der Waals surface area contributed by atoms with Crippen LogP contribution in [-0.4, -0.2) is 95.6 Å². The minimum Gasteiger partial charge on any atom is -0.387 e. The fraction of sp³-hybridized carbons (Fsp3) is 0.480. The maximum absolute atomic E-state index is 16.2. The number of nitrogens with zero attached hydrogens (tertiary/aromatic N) is 6. The number of hydrogen-bond donors (Lipinski definition) is 5. The number of nitrogens with two attached hydrogens (primary N) is 2. The van der Waals surface area contributed by atoms with Crippen molar-refractivity contribution in [3.8, 4) is 12.1 Å². The van der Waals surface area contributed by atoms with E-state index in [2.05, 4.69) is 24.9 Å². The molecule has 0 aromatic carbocycles. The summed E-state index contributed by atoms with van der Waals surface area (Å²) in [6, 6.07) is 0. The fourth-order valence-electron chi connectivity index (χ4n) is 5.92. The summed E-state index contributed by atoms with van der Waals surface area (Å²) in [5.41, 5.74) is 13.2. The highest BCUT2D eigenvalue weighted by molar-refractivity contribution is 7.59. The van der Waals surface area contributed by atoms with Gasteiger partial charge in [0, 0.05) is 23.3 Å². The summed E-state index contributed by atoms with van der Waals surface area (Å²) in [6.45, 7) is 0.233. The third-order valence-electron chi connectivity index (χ3n) is 8.19. The molecule has 23 heteroatoms. The summed E-state index contributed by atoms with van der Waals surface area (Å²) < 4.78 is 77.8. The largest absolute Gasteiger partial charge is 0.472 e. The number of anilines is 3. The molecular formula is C25H28FN9O11P2. The number of H-pyrrole nitrogens is 1. The molecule has 11 atom stereocenters. The lowest BCUT2D eigenvalue weighted by Gasteiger charge is -2.33. The Kier molecular flexibility index (Phi) is 8.16. The molecule has 7 heterocycles. The molecule has 7 N–H and O–H groups in total. The zero-order chi connectivity index (χ0) is 34.1. The van der Waals surface area contributed by atoms with Crippen LogP contribution in [0.25, 0.3) is 11.2 Å². The van der Waals surface area contributed by atoms with Gasteiger partial charge < -0.3 is 35.8 Å². The number of phosphoric ester groups is 1. The Morgan fingerprint density at radius 1 is 1.10 bits per heavy atom. The van der Waals surface area contributed by atoms with Gasteiger partial charge in [-0.15, -0.1) is 6.42 Å². The van der Waals surface area contributed by atoms with Gasteiger partial charge in [0.2, 0.25) is 5.95 Å². The highest BCUT2D eigenvalue weighted by atomic mass is 31.2. The Labute approximate surface area is 269 Å². The second kappa shape index (κ2) is 12.0. The second-order valence-electron chi connectivity index (χ2n) is 11.2. The number of ether oxygens (including phenoxy) is 2. The average molecular weight is 711 g/mol. The van der Waals surface area contributed by atoms with Crippen LogP contribution >= 0.6 is 15.4 Å². The molecule has 3 aromatic rings. The highest BCUT2D eigenvalue weighted by Gasteiger charge is 2.55. The number of nitrogens with one attached hydrogen (secondary N) is 1. The molecule has 48 heavy (non-hydrogen) atoms. The van der Waals surface area contributed by atoms with Crippen LogP contribution in [-0.2, 0) is 36.7 Å². The Morgan fingerprint density at radius 2 is 1.85 bits per heavy atom. The van der Waals surface area contributed by atoms with Gasteiger partial charge in [0.15, 0.2) is 29.8 Å². The van der Waals surface area contributed by atoms with E-state index in [4.69, 9.17) is 45.5 Å². The molecule has 0 spiro atoms. The quantitative estimate of drug-likeness (QED) is 0.176. The molecule has 2 bridgehead atoms. The van der Waals surface area contributed by atoms with Gasteiger partial charge in [-0.05, 0) is 0 Å². The van der Waals surface area contributed by atoms with E-state index in [1.165, 1.54) is 17.4 Å². The number of hydrogen-bond acceptors (Lipinski definition) is 17. The van der Waals surface area contributed by atoms with Crippen LogP contribution < -0.4 is 21.9 Å². The first-order chi connectivity index (χ1) is 22.8. The molecular weight excluding hydrogens is 683 g/mol. The second-order valence-corrected chi connectivity index (χ2v) is 14.3. The molecule has 4 aliphatic heterocycles. The van der Waals surface area contributed by atoms with Gasteiger partial charge in [0.1, 0.15) is 48.5 Å². The smallest absolute Gasteiger partial charge is 0.387 e. The van der Waals surface area contributed by atoms with Gasteiger partial charge in [-0.25, -0.2) is 28.5 Å². The molecule has 0 radical (unpaired) electrons. The minimum absolute atomic E-state index is 0.102. The van der Waals surface area contributed by atoms with Crippen molar-refractivity contribution in [1.29, 1.82) is 0 Å². The van der Waals surface area contributed by atoms with Crippen LogP contribution in [0.2, 0.25) is 0 Å². The van der Waals surface area contributed by atoms with Gasteiger partial charge >= 0.3 is 15.4 Å². The van der Waals surface area contributed by atoms with E-state index < -0.39 is 83.3 Å². The third-order valence-corrected chi connectivity index (χ3v) is 10.5. The zero-order valence-corrected chi connectivity index (χ0v) is 26.5. The van der Waals surface area contributed by atoms with Crippen molar-refractivity contribution in [2.45, 2.75) is 62.0 Å². The summed E-state index contributed by atoms with van der Waals surface area (Å²) in [7, 11) is -9.77. The molecule has 0 amide bonds. The number of phosphoric acid groups is 1. The van der Waals surface area contributed by atoms with E-state index in [1.807, 2.05) is 12.6 Å². The van der Waals surface area contributed by atoms with Crippen LogP contribution in [0.4, 0.5) is 22.0 Å². The number of aromatic amines is 1. The molecule has 3 saturated heterocycles. The molecule has 20 nitrogen and oxygen atoms in total. The van der Waals surface area contributed by atoms with E-state index in [0.29, 0.717) is 5.56 Å². The lowest BCUT2D eigenvalue weighted by atomic mass is 9.98. The first-order valence-corrected chi connectivity index (χ1v) is 17.3. The fourth-order valence-corrected chi connectivity index (χ4v) is 7.96. The van der Waals surface area contributed by atoms with E-state index >= 15 is 4.39 Å². The number of terminal acetylenes is 1. The number of nitrogen functional groups attached to an aromatic ring is 2. The molecule has 256 valence electrons. The first kappa shape index (κ1) is 32.7. The van der Waals surface area contributed by atoms with E-state index in [0.717, 1.165) is 10.9 Å². The van der Waals surface area contributed by atoms with Crippen molar-refractivity contribution in [1.82, 2.24) is 29.5 Å². The number of aliphatic hydroxyl groups excluding tert-OH is 1. The number of rotatable bonds is 2. The van der Waals surface area contributed by atoms with Crippen molar-refractivity contribution in [2.24, 2.45) is 0 Å². The van der Waals surface area contributed by atoms with Crippen LogP contribution in [0, 0.1) is 12.1 Å². The monoisotopic (exact) mass is 711 g/mol. The summed E-state index contributed by atoms with van der Waals surface area (Å²) >= 11 is 0. The topological polar surface area (TPSA) is 275 Å². The van der Waals surface area contributed by atoms with E-state index in [9.17, 15) is 23.9 Å². The number of alkyl halides is 1. The number of allylic oxidation sites excluding steroid dienone is 1. The molecule has 7 rings (SSSR count). The van der Waals surface area contributed by atoms with Crippen LogP contribution in [0.1, 0.15) is 24.6 Å². The van der Waals surface area contributed by atoms with E-state index in [1.54, 1.807) is 6.08 Å². The SMILES string of the molecule is C#C[P@]1(=O)OCC2O[C@@H](N3C=CC(C)c4c(N)ncnc43)C(F)C2OP(=O)(O)OC[C@H]2OC(n3cnc4c(=O)[nH]c(N)nc43)C(O1)C2O. The summed E-state index contributed by atoms with van der Waals surface area (Å²) in [6.07, 6.45) is -2.18. The van der Waals surface area contributed by atoms with Gasteiger partial charge in [0.25, 0.3) is 5.56 Å². The number of imidazole rings is 1. The van der Waals surface area contributed by atoms with Crippen molar-refractivity contribution < 1.29 is 51.1 Å². The molecule has 0 saturated carbocycles. The predicted octanol–water partition coefficient (Wildman–Crippen LogP) is 0.234.